The van der Waals surface area contributed by atoms with Crippen LogP contribution in [0.5, 0.6) is 5.75 Å². The lowest BCUT2D eigenvalue weighted by molar-refractivity contribution is -0.145. The molecule has 3 aromatic carbocycles. The number of benzene rings is 3. The summed E-state index contributed by atoms with van der Waals surface area (Å²) in [5.74, 6) is 1.52. The molecule has 3 heteroatoms. The third-order valence-electron chi connectivity index (χ3n) is 12.7. The summed E-state index contributed by atoms with van der Waals surface area (Å²) in [6.07, 6.45) is 29.5. The fourth-order valence-corrected chi connectivity index (χ4v) is 9.95. The van der Waals surface area contributed by atoms with Crippen LogP contribution < -0.4 is 10.4 Å². The minimum Gasteiger partial charge on any atom is -0.508 e. The van der Waals surface area contributed by atoms with Gasteiger partial charge in [-0.3, -0.25) is 4.79 Å². The Morgan fingerprint density at radius 1 is 0.776 bits per heavy atom. The monoisotopic (exact) mass is 654 g/mol. The van der Waals surface area contributed by atoms with Gasteiger partial charge in [0.25, 0.3) is 0 Å². The molecule has 1 fully saturated rings. The molecular formula is C46H54O3. The summed E-state index contributed by atoms with van der Waals surface area (Å²) in [4.78, 5) is 13.3. The maximum atomic E-state index is 13.3. The average molecular weight is 655 g/mol. The van der Waals surface area contributed by atoms with Gasteiger partial charge in [0, 0.05) is 5.41 Å². The van der Waals surface area contributed by atoms with Crippen LogP contribution in [0.1, 0.15) is 106 Å². The third kappa shape index (κ3) is 7.67. The topological polar surface area (TPSA) is 57.5 Å². The number of carboxylic acids is 1. The smallest absolute Gasteiger partial charge is 0.307 e. The number of unbranched alkanes of at least 4 members (excludes halogenated alkanes) is 3. The Kier molecular flexibility index (Phi) is 10.5. The molecule has 1 saturated carbocycles. The zero-order valence-corrected chi connectivity index (χ0v) is 29.1. The third-order valence-corrected chi connectivity index (χ3v) is 12.7. The normalized spacial score (nSPS) is 29.1. The van der Waals surface area contributed by atoms with Gasteiger partial charge in [0.1, 0.15) is 5.75 Å². The average Bonchev–Trinajstić information content (AvgIpc) is 3.64. The fraction of sp³-hybridized carbons (Fsp3) is 0.457. The van der Waals surface area contributed by atoms with Crippen molar-refractivity contribution >= 4 is 18.1 Å². The van der Waals surface area contributed by atoms with E-state index in [2.05, 4.69) is 97.1 Å². The molecule has 0 aliphatic heterocycles. The van der Waals surface area contributed by atoms with Crippen molar-refractivity contribution in [1.82, 2.24) is 0 Å². The second-order valence-corrected chi connectivity index (χ2v) is 15.6. The van der Waals surface area contributed by atoms with E-state index >= 15 is 0 Å². The van der Waals surface area contributed by atoms with Crippen LogP contribution in [-0.2, 0) is 16.6 Å². The molecule has 0 amide bonds. The number of hydrogen-bond donors (Lipinski definition) is 2. The lowest BCUT2D eigenvalue weighted by atomic mass is 9.55. The molecule has 1 spiro atoms. The minimum atomic E-state index is -0.669. The highest BCUT2D eigenvalue weighted by molar-refractivity contribution is 5.73. The molecule has 0 radical (unpaired) electrons. The van der Waals surface area contributed by atoms with Crippen LogP contribution in [0, 0.1) is 29.6 Å². The Bertz CT molecular complexity index is 1770. The van der Waals surface area contributed by atoms with E-state index in [1.165, 1.54) is 72.1 Å². The second kappa shape index (κ2) is 15.4. The summed E-state index contributed by atoms with van der Waals surface area (Å²) in [5, 5.41) is 23.7. The van der Waals surface area contributed by atoms with E-state index in [1.807, 2.05) is 12.1 Å². The van der Waals surface area contributed by atoms with Gasteiger partial charge in [-0.05, 0) is 133 Å². The highest BCUT2D eigenvalue weighted by Crippen LogP contribution is 2.52. The Labute approximate surface area is 293 Å². The molecule has 0 heterocycles. The lowest BCUT2D eigenvalue weighted by Crippen LogP contribution is -2.47. The number of fused-ring (bicyclic) bond motifs is 5. The first kappa shape index (κ1) is 33.6. The van der Waals surface area contributed by atoms with Crippen LogP contribution in [0.25, 0.3) is 12.2 Å². The molecule has 7 rings (SSSR count). The quantitative estimate of drug-likeness (QED) is 0.178. The van der Waals surface area contributed by atoms with E-state index in [1.54, 1.807) is 0 Å². The molecule has 4 aliphatic carbocycles. The Morgan fingerprint density at radius 3 is 2.29 bits per heavy atom. The minimum absolute atomic E-state index is 0.309. The van der Waals surface area contributed by atoms with Gasteiger partial charge >= 0.3 is 5.97 Å². The summed E-state index contributed by atoms with van der Waals surface area (Å²) in [6.45, 7) is 0. The van der Waals surface area contributed by atoms with Crippen LogP contribution in [0.4, 0.5) is 0 Å². The maximum Gasteiger partial charge on any atom is 0.307 e. The Morgan fingerprint density at radius 2 is 1.53 bits per heavy atom. The van der Waals surface area contributed by atoms with Gasteiger partial charge in [0.15, 0.2) is 0 Å². The summed E-state index contributed by atoms with van der Waals surface area (Å²) in [6, 6.07) is 25.6. The lowest BCUT2D eigenvalue weighted by Gasteiger charge is -2.48. The van der Waals surface area contributed by atoms with Gasteiger partial charge in [0.2, 0.25) is 0 Å². The van der Waals surface area contributed by atoms with Crippen LogP contribution in [0.2, 0.25) is 0 Å². The molecule has 3 nitrogen and oxygen atoms in total. The molecule has 7 atom stereocenters. The van der Waals surface area contributed by atoms with Crippen LogP contribution in [-0.4, -0.2) is 16.2 Å². The van der Waals surface area contributed by atoms with Gasteiger partial charge in [-0.25, -0.2) is 0 Å². The summed E-state index contributed by atoms with van der Waals surface area (Å²) in [7, 11) is 0. The number of hydrogen-bond acceptors (Lipinski definition) is 2. The summed E-state index contributed by atoms with van der Waals surface area (Å²) >= 11 is 0. The van der Waals surface area contributed by atoms with Crippen molar-refractivity contribution in [3.63, 3.8) is 0 Å². The largest absolute Gasteiger partial charge is 0.508 e. The Balaban J connectivity index is 1.17. The van der Waals surface area contributed by atoms with Crippen molar-refractivity contribution in [2.24, 2.45) is 29.6 Å². The zero-order chi connectivity index (χ0) is 33.6. The number of carboxylic acid groups (broad SMARTS) is 1. The predicted molar refractivity (Wildman–Crippen MR) is 201 cm³/mol. The SMILES string of the molecule is O=C(O)C1CC=CCC(CCCCCCC2C=CCC2)C(c2ccc(O)cc2)Cc2cccc(c2)C12CCC1C=c3ccccc3=CC1C2. The number of rotatable bonds is 9. The van der Waals surface area contributed by atoms with Crippen LogP contribution in [0.15, 0.2) is 97.1 Å². The van der Waals surface area contributed by atoms with Crippen LogP contribution in [0.3, 0.4) is 0 Å². The van der Waals surface area contributed by atoms with Crippen molar-refractivity contribution < 1.29 is 15.0 Å². The highest BCUT2D eigenvalue weighted by atomic mass is 16.4. The second-order valence-electron chi connectivity index (χ2n) is 15.6. The van der Waals surface area contributed by atoms with Gasteiger partial charge in [-0.2, -0.15) is 0 Å². The number of phenols is 1. The number of aliphatic carboxylic acids is 1. The fourth-order valence-electron chi connectivity index (χ4n) is 9.95. The van der Waals surface area contributed by atoms with Crippen molar-refractivity contribution in [1.29, 1.82) is 0 Å². The van der Waals surface area contributed by atoms with E-state index in [-0.39, 0.29) is 0 Å². The number of carbonyl (C=O) groups is 1. The molecule has 0 saturated heterocycles. The van der Waals surface area contributed by atoms with E-state index in [0.717, 1.165) is 44.4 Å². The standard InChI is InChI=1S/C46H54O3/c47-42-24-22-36(23-25-42)43-29-34-15-11-20-41(28-34)46(27-26-39-30-37-18-7-8-19-38(37)31-40(39)32-46)44(45(48)49)21-10-9-17-35(43)16-4-2-1-3-12-33-13-5-6-14-33/h5,7-11,13,15,18-20,22-25,28,30-31,33,35,39-40,43-44,47H,1-4,6,12,14,16-17,21,26-27,29,32H2,(H,48,49). The number of allylic oxidation sites excluding steroid dienone is 4. The first-order valence-corrected chi connectivity index (χ1v) is 19.2. The van der Waals surface area contributed by atoms with Crippen LogP contribution >= 0.6 is 0 Å². The molecule has 0 aromatic heterocycles. The predicted octanol–water partition coefficient (Wildman–Crippen LogP) is 9.62. The van der Waals surface area contributed by atoms with Crippen molar-refractivity contribution in [3.05, 3.63) is 124 Å². The van der Waals surface area contributed by atoms with Crippen molar-refractivity contribution in [2.45, 2.75) is 101 Å². The number of phenolic OH excluding ortho intramolecular Hbond substituents is 1. The molecule has 2 N–H and O–H groups in total. The highest BCUT2D eigenvalue weighted by Gasteiger charge is 2.49. The first-order chi connectivity index (χ1) is 24.0. The molecule has 2 bridgehead atoms. The number of aromatic hydroxyl groups is 1. The first-order valence-electron chi connectivity index (χ1n) is 19.2. The van der Waals surface area contributed by atoms with Gasteiger partial charge < -0.3 is 10.2 Å². The molecule has 3 aromatic rings. The van der Waals surface area contributed by atoms with E-state index < -0.39 is 17.3 Å². The zero-order valence-electron chi connectivity index (χ0n) is 29.1. The van der Waals surface area contributed by atoms with E-state index in [0.29, 0.717) is 35.8 Å². The summed E-state index contributed by atoms with van der Waals surface area (Å²) < 4.78 is 0. The molecule has 256 valence electrons. The van der Waals surface area contributed by atoms with E-state index in [9.17, 15) is 15.0 Å². The molecule has 7 unspecified atom stereocenters. The molecule has 4 aliphatic rings. The van der Waals surface area contributed by atoms with Crippen molar-refractivity contribution in [3.8, 4) is 5.75 Å². The maximum absolute atomic E-state index is 13.3. The van der Waals surface area contributed by atoms with E-state index in [4.69, 9.17) is 0 Å². The van der Waals surface area contributed by atoms with Gasteiger partial charge in [0.05, 0.1) is 5.92 Å². The molecular weight excluding hydrogens is 601 g/mol. The molecule has 49 heavy (non-hydrogen) atoms. The van der Waals surface area contributed by atoms with Crippen molar-refractivity contribution in [2.75, 3.05) is 0 Å². The Hall–Kier alpha value is -3.85. The van der Waals surface area contributed by atoms with Gasteiger partial charge in [-0.1, -0.05) is 123 Å². The van der Waals surface area contributed by atoms with Gasteiger partial charge in [-0.15, -0.1) is 0 Å². The summed E-state index contributed by atoms with van der Waals surface area (Å²) in [5.41, 5.74) is 3.36.